The molecule has 0 saturated heterocycles. The Morgan fingerprint density at radius 3 is 3.15 bits per heavy atom. The van der Waals surface area contributed by atoms with Gasteiger partial charge in [-0.1, -0.05) is 0 Å². The largest absolute Gasteiger partial charge is 0.385 e. The van der Waals surface area contributed by atoms with E-state index in [4.69, 9.17) is 4.74 Å². The van der Waals surface area contributed by atoms with E-state index >= 15 is 0 Å². The molecule has 0 aromatic carbocycles. The molecule has 1 atom stereocenters. The quantitative estimate of drug-likeness (QED) is 0.689. The van der Waals surface area contributed by atoms with E-state index in [0.717, 1.165) is 19.6 Å². The SMILES string of the molecule is COCCC(C)NCc1cn[nH]c1. The number of methoxy groups -OCH3 is 1. The van der Waals surface area contributed by atoms with Crippen LogP contribution < -0.4 is 5.32 Å². The smallest absolute Gasteiger partial charge is 0.0532 e. The van der Waals surface area contributed by atoms with Crippen LogP contribution >= 0.6 is 0 Å². The van der Waals surface area contributed by atoms with Crippen molar-refractivity contribution in [3.05, 3.63) is 18.0 Å². The molecule has 1 heterocycles. The van der Waals surface area contributed by atoms with Gasteiger partial charge < -0.3 is 10.1 Å². The second-order valence-electron chi connectivity index (χ2n) is 3.17. The first-order chi connectivity index (χ1) is 6.33. The van der Waals surface area contributed by atoms with Crippen LogP contribution in [0.15, 0.2) is 12.4 Å². The molecule has 4 heteroatoms. The summed E-state index contributed by atoms with van der Waals surface area (Å²) in [7, 11) is 1.72. The molecule has 0 radical (unpaired) electrons. The summed E-state index contributed by atoms with van der Waals surface area (Å²) >= 11 is 0. The van der Waals surface area contributed by atoms with Gasteiger partial charge in [-0.3, -0.25) is 5.10 Å². The maximum atomic E-state index is 4.99. The third kappa shape index (κ3) is 4.05. The monoisotopic (exact) mass is 183 g/mol. The number of rotatable bonds is 6. The lowest BCUT2D eigenvalue weighted by Crippen LogP contribution is -2.26. The van der Waals surface area contributed by atoms with E-state index < -0.39 is 0 Å². The Labute approximate surface area is 78.7 Å². The first kappa shape index (κ1) is 10.2. The average Bonchev–Trinajstić information content (AvgIpc) is 2.64. The van der Waals surface area contributed by atoms with Crippen LogP contribution in [0.2, 0.25) is 0 Å². The number of hydrogen-bond donors (Lipinski definition) is 2. The zero-order valence-corrected chi connectivity index (χ0v) is 8.21. The molecule has 0 amide bonds. The van der Waals surface area contributed by atoms with Crippen molar-refractivity contribution in [1.82, 2.24) is 15.5 Å². The fourth-order valence-corrected chi connectivity index (χ4v) is 1.06. The summed E-state index contributed by atoms with van der Waals surface area (Å²) < 4.78 is 4.99. The number of aromatic nitrogens is 2. The lowest BCUT2D eigenvalue weighted by Gasteiger charge is -2.11. The minimum absolute atomic E-state index is 0.481. The first-order valence-corrected chi connectivity index (χ1v) is 4.53. The van der Waals surface area contributed by atoms with E-state index in [0.29, 0.717) is 6.04 Å². The highest BCUT2D eigenvalue weighted by Crippen LogP contribution is 1.96. The molecular formula is C9H17N3O. The minimum Gasteiger partial charge on any atom is -0.385 e. The molecule has 1 rings (SSSR count). The van der Waals surface area contributed by atoms with E-state index in [1.54, 1.807) is 7.11 Å². The zero-order valence-electron chi connectivity index (χ0n) is 8.21. The van der Waals surface area contributed by atoms with Gasteiger partial charge in [-0.25, -0.2) is 0 Å². The molecule has 0 aliphatic carbocycles. The highest BCUT2D eigenvalue weighted by atomic mass is 16.5. The number of aromatic amines is 1. The Morgan fingerprint density at radius 2 is 2.54 bits per heavy atom. The van der Waals surface area contributed by atoms with Gasteiger partial charge in [-0.2, -0.15) is 5.10 Å². The number of H-pyrrole nitrogens is 1. The molecule has 13 heavy (non-hydrogen) atoms. The molecule has 4 nitrogen and oxygen atoms in total. The fraction of sp³-hybridized carbons (Fsp3) is 0.667. The number of nitrogens with zero attached hydrogens (tertiary/aromatic N) is 1. The predicted octanol–water partition coefficient (Wildman–Crippen LogP) is 0.924. The Balaban J connectivity index is 2.11. The minimum atomic E-state index is 0.481. The van der Waals surface area contributed by atoms with Gasteiger partial charge in [0.25, 0.3) is 0 Å². The standard InChI is InChI=1S/C9H17N3O/c1-8(3-4-13-2)10-5-9-6-11-12-7-9/h6-8,10H,3-5H2,1-2H3,(H,11,12). The molecule has 0 aliphatic rings. The van der Waals surface area contributed by atoms with Crippen LogP contribution in [0.4, 0.5) is 0 Å². The normalized spacial score (nSPS) is 13.1. The summed E-state index contributed by atoms with van der Waals surface area (Å²) in [4.78, 5) is 0. The third-order valence-electron chi connectivity index (χ3n) is 1.96. The molecule has 1 unspecified atom stereocenters. The van der Waals surface area contributed by atoms with Gasteiger partial charge >= 0.3 is 0 Å². The molecule has 0 spiro atoms. The van der Waals surface area contributed by atoms with Gasteiger partial charge in [0, 0.05) is 38.1 Å². The number of hydrogen-bond acceptors (Lipinski definition) is 3. The second kappa shape index (κ2) is 5.72. The van der Waals surface area contributed by atoms with Crippen molar-refractivity contribution >= 4 is 0 Å². The van der Waals surface area contributed by atoms with Crippen LogP contribution in [0.5, 0.6) is 0 Å². The Morgan fingerprint density at radius 1 is 1.69 bits per heavy atom. The molecule has 74 valence electrons. The summed E-state index contributed by atoms with van der Waals surface area (Å²) in [5.41, 5.74) is 1.18. The van der Waals surface area contributed by atoms with Gasteiger partial charge in [0.05, 0.1) is 6.20 Å². The summed E-state index contributed by atoms with van der Waals surface area (Å²) in [6.45, 7) is 3.82. The highest BCUT2D eigenvalue weighted by molar-refractivity contribution is 5.01. The van der Waals surface area contributed by atoms with E-state index in [-0.39, 0.29) is 0 Å². The van der Waals surface area contributed by atoms with E-state index in [2.05, 4.69) is 22.4 Å². The third-order valence-corrected chi connectivity index (χ3v) is 1.96. The van der Waals surface area contributed by atoms with Crippen molar-refractivity contribution in [2.24, 2.45) is 0 Å². The average molecular weight is 183 g/mol. The summed E-state index contributed by atoms with van der Waals surface area (Å²) in [6.07, 6.45) is 4.76. The van der Waals surface area contributed by atoms with Crippen LogP contribution in [0.3, 0.4) is 0 Å². The Kier molecular flexibility index (Phi) is 4.49. The lowest BCUT2D eigenvalue weighted by atomic mass is 10.2. The molecule has 0 bridgehead atoms. The van der Waals surface area contributed by atoms with Crippen molar-refractivity contribution in [3.8, 4) is 0 Å². The van der Waals surface area contributed by atoms with Crippen LogP contribution in [-0.2, 0) is 11.3 Å². The van der Waals surface area contributed by atoms with Crippen LogP contribution in [0, 0.1) is 0 Å². The summed E-state index contributed by atoms with van der Waals surface area (Å²) in [5.74, 6) is 0. The van der Waals surface area contributed by atoms with Gasteiger partial charge in [0.1, 0.15) is 0 Å². The Bertz CT molecular complexity index is 211. The Hall–Kier alpha value is -0.870. The number of ether oxygens (including phenoxy) is 1. The highest BCUT2D eigenvalue weighted by Gasteiger charge is 2.00. The second-order valence-corrected chi connectivity index (χ2v) is 3.17. The van der Waals surface area contributed by atoms with Gasteiger partial charge in [0.2, 0.25) is 0 Å². The maximum Gasteiger partial charge on any atom is 0.0532 e. The molecule has 2 N–H and O–H groups in total. The van der Waals surface area contributed by atoms with Gasteiger partial charge in [-0.05, 0) is 13.3 Å². The molecule has 0 saturated carbocycles. The maximum absolute atomic E-state index is 4.99. The zero-order chi connectivity index (χ0) is 9.52. The predicted molar refractivity (Wildman–Crippen MR) is 51.4 cm³/mol. The van der Waals surface area contributed by atoms with Crippen molar-refractivity contribution in [2.75, 3.05) is 13.7 Å². The number of nitrogens with one attached hydrogen (secondary N) is 2. The van der Waals surface area contributed by atoms with Gasteiger partial charge in [-0.15, -0.1) is 0 Å². The topological polar surface area (TPSA) is 49.9 Å². The van der Waals surface area contributed by atoms with E-state index in [9.17, 15) is 0 Å². The van der Waals surface area contributed by atoms with E-state index in [1.165, 1.54) is 5.56 Å². The fourth-order valence-electron chi connectivity index (χ4n) is 1.06. The molecule has 0 fully saturated rings. The van der Waals surface area contributed by atoms with Crippen LogP contribution in [0.1, 0.15) is 18.9 Å². The van der Waals surface area contributed by atoms with E-state index in [1.807, 2.05) is 12.4 Å². The van der Waals surface area contributed by atoms with Gasteiger partial charge in [0.15, 0.2) is 0 Å². The molecular weight excluding hydrogens is 166 g/mol. The van der Waals surface area contributed by atoms with Crippen molar-refractivity contribution in [1.29, 1.82) is 0 Å². The first-order valence-electron chi connectivity index (χ1n) is 4.53. The summed E-state index contributed by atoms with van der Waals surface area (Å²) in [6, 6.07) is 0.481. The lowest BCUT2D eigenvalue weighted by molar-refractivity contribution is 0.184. The van der Waals surface area contributed by atoms with Crippen LogP contribution in [-0.4, -0.2) is 30.0 Å². The van der Waals surface area contributed by atoms with Crippen molar-refractivity contribution in [2.45, 2.75) is 25.9 Å². The molecule has 1 aromatic heterocycles. The van der Waals surface area contributed by atoms with Crippen molar-refractivity contribution < 1.29 is 4.74 Å². The molecule has 1 aromatic rings. The molecule has 0 aliphatic heterocycles. The summed E-state index contributed by atoms with van der Waals surface area (Å²) in [5, 5.41) is 10.0. The van der Waals surface area contributed by atoms with Crippen molar-refractivity contribution in [3.63, 3.8) is 0 Å². The van der Waals surface area contributed by atoms with Crippen LogP contribution in [0.25, 0.3) is 0 Å².